The van der Waals surface area contributed by atoms with E-state index >= 15 is 0 Å². The zero-order chi connectivity index (χ0) is 14.4. The number of likely N-dealkylation sites (N-methyl/N-ethyl adjacent to an activating group) is 1. The molecule has 1 amide bonds. The maximum atomic E-state index is 11.7. The van der Waals surface area contributed by atoms with Gasteiger partial charge in [0.2, 0.25) is 5.91 Å². The standard InChI is InChI=1S/C10H21N3O.2C2H6/c1-11-6-7-13-10(14)8-4-3-5-9(8)12-2;2*1-2/h8-9,11-12H,3-7H2,1-2H3,(H,13,14);2*1-2H3/t8-,9+;;/m1../s1. The van der Waals surface area contributed by atoms with Crippen LogP contribution < -0.4 is 16.0 Å². The van der Waals surface area contributed by atoms with Crippen LogP contribution >= 0.6 is 0 Å². The van der Waals surface area contributed by atoms with Gasteiger partial charge in [-0.2, -0.15) is 0 Å². The summed E-state index contributed by atoms with van der Waals surface area (Å²) in [5.41, 5.74) is 0. The highest BCUT2D eigenvalue weighted by Gasteiger charge is 2.31. The van der Waals surface area contributed by atoms with E-state index in [0.717, 1.165) is 32.4 Å². The quantitative estimate of drug-likeness (QED) is 0.660. The Morgan fingerprint density at radius 3 is 2.17 bits per heavy atom. The molecule has 1 fully saturated rings. The molecule has 0 aromatic rings. The van der Waals surface area contributed by atoms with Crippen LogP contribution in [0, 0.1) is 5.92 Å². The fourth-order valence-corrected chi connectivity index (χ4v) is 2.06. The Balaban J connectivity index is 0. The van der Waals surface area contributed by atoms with Gasteiger partial charge in [0.05, 0.1) is 5.92 Å². The number of rotatable bonds is 5. The maximum Gasteiger partial charge on any atom is 0.224 e. The average molecular weight is 259 g/mol. The normalized spacial score (nSPS) is 21.2. The Hall–Kier alpha value is -0.610. The number of nitrogens with one attached hydrogen (secondary N) is 3. The molecule has 0 spiro atoms. The van der Waals surface area contributed by atoms with Crippen molar-refractivity contribution < 1.29 is 4.79 Å². The Labute approximate surface area is 113 Å². The van der Waals surface area contributed by atoms with Gasteiger partial charge in [-0.3, -0.25) is 4.79 Å². The number of hydrogen-bond acceptors (Lipinski definition) is 3. The number of carbonyl (C=O) groups is 1. The van der Waals surface area contributed by atoms with Crippen LogP contribution in [0.5, 0.6) is 0 Å². The molecular weight excluding hydrogens is 226 g/mol. The molecule has 0 radical (unpaired) electrons. The van der Waals surface area contributed by atoms with Gasteiger partial charge in [0.25, 0.3) is 0 Å². The Kier molecular flexibility index (Phi) is 15.8. The van der Waals surface area contributed by atoms with Crippen molar-refractivity contribution in [3.63, 3.8) is 0 Å². The van der Waals surface area contributed by atoms with Gasteiger partial charge in [-0.25, -0.2) is 0 Å². The van der Waals surface area contributed by atoms with Gasteiger partial charge >= 0.3 is 0 Å². The molecule has 4 heteroatoms. The van der Waals surface area contributed by atoms with Gasteiger partial charge < -0.3 is 16.0 Å². The first-order valence-corrected chi connectivity index (χ1v) is 7.39. The van der Waals surface area contributed by atoms with Gasteiger partial charge in [-0.1, -0.05) is 34.1 Å². The summed E-state index contributed by atoms with van der Waals surface area (Å²) in [7, 11) is 3.82. The van der Waals surface area contributed by atoms with Crippen LogP contribution in [0.4, 0.5) is 0 Å². The summed E-state index contributed by atoms with van der Waals surface area (Å²) in [5, 5.41) is 9.17. The fourth-order valence-electron chi connectivity index (χ4n) is 2.06. The molecule has 3 N–H and O–H groups in total. The molecule has 0 saturated heterocycles. The highest BCUT2D eigenvalue weighted by molar-refractivity contribution is 5.79. The predicted molar refractivity (Wildman–Crippen MR) is 79.8 cm³/mol. The van der Waals surface area contributed by atoms with Crippen LogP contribution in [0.15, 0.2) is 0 Å². The lowest BCUT2D eigenvalue weighted by molar-refractivity contribution is -0.125. The van der Waals surface area contributed by atoms with Crippen LogP contribution in [-0.4, -0.2) is 39.1 Å². The van der Waals surface area contributed by atoms with Crippen molar-refractivity contribution in [1.29, 1.82) is 0 Å². The second kappa shape index (κ2) is 14.5. The fraction of sp³-hybridized carbons (Fsp3) is 0.929. The van der Waals surface area contributed by atoms with E-state index in [1.165, 1.54) is 0 Å². The lowest BCUT2D eigenvalue weighted by Gasteiger charge is -2.18. The van der Waals surface area contributed by atoms with Crippen molar-refractivity contribution >= 4 is 5.91 Å². The summed E-state index contributed by atoms with van der Waals surface area (Å²) in [6.07, 6.45) is 3.31. The number of carbonyl (C=O) groups excluding carboxylic acids is 1. The highest BCUT2D eigenvalue weighted by Crippen LogP contribution is 2.25. The van der Waals surface area contributed by atoms with Gasteiger partial charge in [-0.05, 0) is 26.9 Å². The smallest absolute Gasteiger partial charge is 0.224 e. The molecule has 1 saturated carbocycles. The zero-order valence-electron chi connectivity index (χ0n) is 13.1. The molecule has 110 valence electrons. The molecule has 0 heterocycles. The van der Waals surface area contributed by atoms with E-state index < -0.39 is 0 Å². The molecule has 4 nitrogen and oxygen atoms in total. The molecule has 1 aliphatic rings. The van der Waals surface area contributed by atoms with Crippen LogP contribution in [0.1, 0.15) is 47.0 Å². The lowest BCUT2D eigenvalue weighted by Crippen LogP contribution is -2.41. The van der Waals surface area contributed by atoms with Gasteiger partial charge in [0.1, 0.15) is 0 Å². The van der Waals surface area contributed by atoms with E-state index in [1.54, 1.807) is 0 Å². The van der Waals surface area contributed by atoms with E-state index in [-0.39, 0.29) is 11.8 Å². The minimum Gasteiger partial charge on any atom is -0.355 e. The molecule has 18 heavy (non-hydrogen) atoms. The van der Waals surface area contributed by atoms with E-state index in [9.17, 15) is 4.79 Å². The zero-order valence-corrected chi connectivity index (χ0v) is 13.1. The van der Waals surface area contributed by atoms with Crippen LogP contribution in [0.2, 0.25) is 0 Å². The van der Waals surface area contributed by atoms with E-state index in [0.29, 0.717) is 6.04 Å². The first-order chi connectivity index (χ1) is 8.79. The highest BCUT2D eigenvalue weighted by atomic mass is 16.1. The van der Waals surface area contributed by atoms with Gasteiger partial charge in [-0.15, -0.1) is 0 Å². The summed E-state index contributed by atoms with van der Waals surface area (Å²) in [4.78, 5) is 11.7. The molecule has 0 aromatic carbocycles. The first kappa shape index (κ1) is 19.7. The average Bonchev–Trinajstić information content (AvgIpc) is 2.92. The Morgan fingerprint density at radius 2 is 1.67 bits per heavy atom. The summed E-state index contributed by atoms with van der Waals surface area (Å²) in [5.74, 6) is 0.383. The molecule has 0 unspecified atom stereocenters. The van der Waals surface area contributed by atoms with Crippen molar-refractivity contribution in [3.8, 4) is 0 Å². The summed E-state index contributed by atoms with van der Waals surface area (Å²) < 4.78 is 0. The molecule has 1 rings (SSSR count). The number of amides is 1. The van der Waals surface area contributed by atoms with Crippen molar-refractivity contribution in [1.82, 2.24) is 16.0 Å². The predicted octanol–water partition coefficient (Wildman–Crippen LogP) is 1.76. The molecule has 0 aliphatic heterocycles. The van der Waals surface area contributed by atoms with Crippen LogP contribution in [-0.2, 0) is 4.79 Å². The third kappa shape index (κ3) is 7.67. The monoisotopic (exact) mass is 259 g/mol. The maximum absolute atomic E-state index is 11.7. The third-order valence-electron chi connectivity index (χ3n) is 2.90. The second-order valence-corrected chi connectivity index (χ2v) is 3.83. The molecule has 0 bridgehead atoms. The van der Waals surface area contributed by atoms with Crippen molar-refractivity contribution in [3.05, 3.63) is 0 Å². The molecule has 1 aliphatic carbocycles. The molecular formula is C14H33N3O. The van der Waals surface area contributed by atoms with E-state index in [2.05, 4.69) is 16.0 Å². The molecule has 2 atom stereocenters. The third-order valence-corrected chi connectivity index (χ3v) is 2.90. The van der Waals surface area contributed by atoms with Crippen molar-refractivity contribution in [2.45, 2.75) is 53.0 Å². The van der Waals surface area contributed by atoms with E-state index in [4.69, 9.17) is 0 Å². The van der Waals surface area contributed by atoms with E-state index in [1.807, 2.05) is 41.8 Å². The summed E-state index contributed by atoms with van der Waals surface area (Å²) in [6.45, 7) is 9.56. The summed E-state index contributed by atoms with van der Waals surface area (Å²) >= 11 is 0. The largest absolute Gasteiger partial charge is 0.355 e. The minimum atomic E-state index is 0.178. The van der Waals surface area contributed by atoms with Crippen LogP contribution in [0.25, 0.3) is 0 Å². The van der Waals surface area contributed by atoms with Crippen molar-refractivity contribution in [2.24, 2.45) is 5.92 Å². The number of hydrogen-bond donors (Lipinski definition) is 3. The van der Waals surface area contributed by atoms with Gasteiger partial charge in [0.15, 0.2) is 0 Å². The van der Waals surface area contributed by atoms with Crippen molar-refractivity contribution in [2.75, 3.05) is 27.2 Å². The van der Waals surface area contributed by atoms with Gasteiger partial charge in [0, 0.05) is 19.1 Å². The summed E-state index contributed by atoms with van der Waals surface area (Å²) in [6, 6.07) is 0.379. The SMILES string of the molecule is CC.CC.CNCCNC(=O)[C@@H]1CCC[C@@H]1NC. The van der Waals surface area contributed by atoms with Crippen LogP contribution in [0.3, 0.4) is 0 Å². The topological polar surface area (TPSA) is 53.2 Å². The molecule has 0 aromatic heterocycles. The minimum absolute atomic E-state index is 0.178. The Bertz CT molecular complexity index is 186. The second-order valence-electron chi connectivity index (χ2n) is 3.83. The first-order valence-electron chi connectivity index (χ1n) is 7.39. The Morgan fingerprint density at radius 1 is 1.06 bits per heavy atom. The lowest BCUT2D eigenvalue weighted by atomic mass is 10.0.